The maximum Gasteiger partial charge on any atom is 0.345 e. The van der Waals surface area contributed by atoms with Crippen LogP contribution in [0, 0.1) is 0 Å². The van der Waals surface area contributed by atoms with Gasteiger partial charge in [-0.1, -0.05) is 18.2 Å². The van der Waals surface area contributed by atoms with E-state index in [4.69, 9.17) is 9.47 Å². The average molecular weight is 434 g/mol. The van der Waals surface area contributed by atoms with Crippen LogP contribution in [0.3, 0.4) is 0 Å². The van der Waals surface area contributed by atoms with Crippen molar-refractivity contribution in [3.8, 4) is 17.2 Å². The first-order valence-electron chi connectivity index (χ1n) is 10.1. The van der Waals surface area contributed by atoms with Crippen molar-refractivity contribution in [3.63, 3.8) is 0 Å². The molecular weight excluding hydrogens is 408 g/mol. The van der Waals surface area contributed by atoms with Crippen molar-refractivity contribution in [1.29, 1.82) is 0 Å². The maximum atomic E-state index is 12.7. The van der Waals surface area contributed by atoms with Gasteiger partial charge >= 0.3 is 6.03 Å². The second-order valence-electron chi connectivity index (χ2n) is 7.10. The minimum Gasteiger partial charge on any atom is -0.492 e. The predicted molar refractivity (Wildman–Crippen MR) is 124 cm³/mol. The molecule has 0 heterocycles. The fourth-order valence-electron chi connectivity index (χ4n) is 2.75. The molecule has 8 nitrogen and oxygen atoms in total. The molecule has 0 unspecified atom stereocenters. The van der Waals surface area contributed by atoms with Gasteiger partial charge in [-0.25, -0.2) is 9.80 Å². The predicted octanol–water partition coefficient (Wildman–Crippen LogP) is 4.12. The SMILES string of the molecule is CN(C)CCOc1ccc(NC(=O)N(NC=O)c2ccc(Oc3ccccc3)cc2)cc1. The number of nitrogens with zero attached hydrogens (tertiary/aromatic N) is 2. The lowest BCUT2D eigenvalue weighted by atomic mass is 10.3. The fraction of sp³-hybridized carbons (Fsp3) is 0.167. The molecule has 3 aromatic carbocycles. The summed E-state index contributed by atoms with van der Waals surface area (Å²) in [7, 11) is 3.95. The Labute approximate surface area is 187 Å². The summed E-state index contributed by atoms with van der Waals surface area (Å²) in [6, 6.07) is 22.7. The zero-order valence-corrected chi connectivity index (χ0v) is 18.0. The quantitative estimate of drug-likeness (QED) is 0.371. The Morgan fingerprint density at radius 3 is 2.12 bits per heavy atom. The van der Waals surface area contributed by atoms with Gasteiger partial charge in [-0.15, -0.1) is 0 Å². The molecule has 3 amide bonds. The molecule has 0 atom stereocenters. The molecule has 0 aliphatic rings. The number of carbonyl (C=O) groups is 2. The van der Waals surface area contributed by atoms with E-state index in [0.717, 1.165) is 11.6 Å². The molecule has 0 saturated heterocycles. The van der Waals surface area contributed by atoms with Gasteiger partial charge < -0.3 is 19.7 Å². The van der Waals surface area contributed by atoms with Crippen molar-refractivity contribution < 1.29 is 19.1 Å². The van der Waals surface area contributed by atoms with Crippen molar-refractivity contribution in [1.82, 2.24) is 10.3 Å². The lowest BCUT2D eigenvalue weighted by Gasteiger charge is -2.22. The van der Waals surface area contributed by atoms with Gasteiger partial charge in [0.15, 0.2) is 0 Å². The summed E-state index contributed by atoms with van der Waals surface area (Å²) in [4.78, 5) is 25.8. The molecule has 0 radical (unpaired) electrons. The Kier molecular flexibility index (Phi) is 8.05. The number of anilines is 2. The Morgan fingerprint density at radius 2 is 1.50 bits per heavy atom. The molecule has 3 rings (SSSR count). The van der Waals surface area contributed by atoms with Crippen molar-refractivity contribution in [3.05, 3.63) is 78.9 Å². The third kappa shape index (κ3) is 6.75. The number of rotatable bonds is 10. The minimum absolute atomic E-state index is 0.440. The van der Waals surface area contributed by atoms with Crippen LogP contribution in [-0.2, 0) is 4.79 Å². The van der Waals surface area contributed by atoms with E-state index >= 15 is 0 Å². The van der Waals surface area contributed by atoms with Gasteiger partial charge in [0.05, 0.1) is 5.69 Å². The molecule has 0 bridgehead atoms. The Balaban J connectivity index is 1.62. The van der Waals surface area contributed by atoms with E-state index in [1.54, 1.807) is 48.5 Å². The summed E-state index contributed by atoms with van der Waals surface area (Å²) in [5.41, 5.74) is 3.45. The highest BCUT2D eigenvalue weighted by molar-refractivity contribution is 6.02. The van der Waals surface area contributed by atoms with Crippen molar-refractivity contribution in [2.45, 2.75) is 0 Å². The van der Waals surface area contributed by atoms with Crippen LogP contribution in [0.15, 0.2) is 78.9 Å². The number of carbonyl (C=O) groups excluding carboxylic acids is 2. The average Bonchev–Trinajstić information content (AvgIpc) is 2.80. The van der Waals surface area contributed by atoms with E-state index in [9.17, 15) is 9.59 Å². The molecule has 8 heteroatoms. The Bertz CT molecular complexity index is 993. The fourth-order valence-corrected chi connectivity index (χ4v) is 2.75. The van der Waals surface area contributed by atoms with Crippen molar-refractivity contribution in [2.75, 3.05) is 37.6 Å². The number of likely N-dealkylation sites (N-methyl/N-ethyl adjacent to an activating group) is 1. The third-order valence-corrected chi connectivity index (χ3v) is 4.37. The normalized spacial score (nSPS) is 10.3. The molecule has 0 spiro atoms. The van der Waals surface area contributed by atoms with Crippen molar-refractivity contribution >= 4 is 23.8 Å². The highest BCUT2D eigenvalue weighted by atomic mass is 16.5. The number of benzene rings is 3. The lowest BCUT2D eigenvalue weighted by molar-refractivity contribution is -0.109. The third-order valence-electron chi connectivity index (χ3n) is 4.37. The first-order valence-corrected chi connectivity index (χ1v) is 10.1. The molecule has 0 aliphatic carbocycles. The van der Waals surface area contributed by atoms with Gasteiger partial charge in [-0.3, -0.25) is 10.2 Å². The number of ether oxygens (including phenoxy) is 2. The molecule has 0 aromatic heterocycles. The summed E-state index contributed by atoms with van der Waals surface area (Å²) in [6.45, 7) is 1.37. The van der Waals surface area contributed by atoms with Crippen LogP contribution in [0.2, 0.25) is 0 Å². The summed E-state index contributed by atoms with van der Waals surface area (Å²) < 4.78 is 11.4. The minimum atomic E-state index is -0.518. The monoisotopic (exact) mass is 434 g/mol. The van der Waals surface area contributed by atoms with E-state index < -0.39 is 6.03 Å². The van der Waals surface area contributed by atoms with E-state index in [0.29, 0.717) is 41.6 Å². The van der Waals surface area contributed by atoms with Crippen LogP contribution in [0.5, 0.6) is 17.2 Å². The molecule has 2 N–H and O–H groups in total. The number of hydrogen-bond donors (Lipinski definition) is 2. The van der Waals surface area contributed by atoms with Crippen LogP contribution in [-0.4, -0.2) is 44.6 Å². The highest BCUT2D eigenvalue weighted by Crippen LogP contribution is 2.24. The van der Waals surface area contributed by atoms with E-state index in [1.165, 1.54) is 0 Å². The van der Waals surface area contributed by atoms with Crippen molar-refractivity contribution in [2.24, 2.45) is 0 Å². The maximum absolute atomic E-state index is 12.7. The molecule has 0 fully saturated rings. The van der Waals surface area contributed by atoms with E-state index in [2.05, 4.69) is 10.7 Å². The van der Waals surface area contributed by atoms with Gasteiger partial charge in [0.2, 0.25) is 6.41 Å². The van der Waals surface area contributed by atoms with E-state index in [1.807, 2.05) is 49.3 Å². The van der Waals surface area contributed by atoms with Gasteiger partial charge in [0.25, 0.3) is 0 Å². The first-order chi connectivity index (χ1) is 15.5. The topological polar surface area (TPSA) is 83.1 Å². The second kappa shape index (κ2) is 11.4. The summed E-state index contributed by atoms with van der Waals surface area (Å²) in [5.74, 6) is 2.02. The summed E-state index contributed by atoms with van der Waals surface area (Å²) >= 11 is 0. The zero-order chi connectivity index (χ0) is 22.8. The summed E-state index contributed by atoms with van der Waals surface area (Å²) in [6.07, 6.45) is 0.440. The number of para-hydroxylation sites is 1. The van der Waals surface area contributed by atoms with Gasteiger partial charge in [0.1, 0.15) is 23.9 Å². The molecule has 0 saturated carbocycles. The molecule has 166 valence electrons. The van der Waals surface area contributed by atoms with Crippen LogP contribution in [0.1, 0.15) is 0 Å². The lowest BCUT2D eigenvalue weighted by Crippen LogP contribution is -2.44. The number of amides is 3. The molecule has 3 aromatic rings. The van der Waals surface area contributed by atoms with E-state index in [-0.39, 0.29) is 0 Å². The number of hydrazine groups is 1. The Morgan fingerprint density at radius 1 is 0.875 bits per heavy atom. The van der Waals surface area contributed by atoms with Crippen LogP contribution >= 0.6 is 0 Å². The molecular formula is C24H26N4O4. The van der Waals surface area contributed by atoms with Gasteiger partial charge in [0, 0.05) is 12.2 Å². The van der Waals surface area contributed by atoms with Gasteiger partial charge in [-0.05, 0) is 74.8 Å². The standard InChI is InChI=1S/C24H26N4O4/c1-27(2)16-17-31-21-12-8-19(9-13-21)26-24(30)28(25-18-29)20-10-14-23(15-11-20)32-22-6-4-3-5-7-22/h3-15,18H,16-17H2,1-2H3,(H,25,29)(H,26,30). The number of hydrogen-bond acceptors (Lipinski definition) is 5. The van der Waals surface area contributed by atoms with Crippen LogP contribution in [0.4, 0.5) is 16.2 Å². The Hall–Kier alpha value is -4.04. The first kappa shape index (κ1) is 22.6. The van der Waals surface area contributed by atoms with Gasteiger partial charge in [-0.2, -0.15) is 0 Å². The number of nitrogens with one attached hydrogen (secondary N) is 2. The number of urea groups is 1. The smallest absolute Gasteiger partial charge is 0.345 e. The second-order valence-corrected chi connectivity index (χ2v) is 7.10. The largest absolute Gasteiger partial charge is 0.492 e. The zero-order valence-electron chi connectivity index (χ0n) is 18.0. The highest BCUT2D eigenvalue weighted by Gasteiger charge is 2.16. The van der Waals surface area contributed by atoms with Crippen LogP contribution in [0.25, 0.3) is 0 Å². The molecule has 32 heavy (non-hydrogen) atoms. The molecule has 0 aliphatic heterocycles. The van der Waals surface area contributed by atoms with Crippen LogP contribution < -0.4 is 25.2 Å². The summed E-state index contributed by atoms with van der Waals surface area (Å²) in [5, 5.41) is 3.86.